The van der Waals surface area contributed by atoms with Crippen LogP contribution in [0.4, 0.5) is 0 Å². The molecule has 1 heterocycles. The van der Waals surface area contributed by atoms with Gasteiger partial charge in [0.2, 0.25) is 5.91 Å². The third-order valence-corrected chi connectivity index (χ3v) is 3.71. The van der Waals surface area contributed by atoms with Crippen LogP contribution < -0.4 is 5.32 Å². The first-order chi connectivity index (χ1) is 9.57. The normalized spacial score (nSPS) is 34.0. The van der Waals surface area contributed by atoms with Gasteiger partial charge in [-0.05, 0) is 12.3 Å². The Balaban J connectivity index is 2.91. The zero-order valence-corrected chi connectivity index (χ0v) is 13.5. The molecule has 0 aliphatic carbocycles. The summed E-state index contributed by atoms with van der Waals surface area (Å²) in [5.74, 6) is 0.0874. The summed E-state index contributed by atoms with van der Waals surface area (Å²) in [6.07, 6.45) is -3.02. The summed E-state index contributed by atoms with van der Waals surface area (Å²) in [5.41, 5.74) is -0.596. The van der Waals surface area contributed by atoms with Crippen LogP contribution in [0.3, 0.4) is 0 Å². The number of rotatable bonds is 4. The highest BCUT2D eigenvalue weighted by atomic mass is 16.5. The molecule has 5 atom stereocenters. The van der Waals surface area contributed by atoms with Gasteiger partial charge in [0.1, 0.15) is 18.3 Å². The van der Waals surface area contributed by atoms with Gasteiger partial charge in [-0.1, -0.05) is 34.6 Å². The second-order valence-corrected chi connectivity index (χ2v) is 7.26. The summed E-state index contributed by atoms with van der Waals surface area (Å²) in [5, 5.41) is 32.3. The maximum atomic E-state index is 12.2. The molecule has 1 fully saturated rings. The maximum absolute atomic E-state index is 12.2. The number of carbonyl (C=O) groups is 1. The largest absolute Gasteiger partial charge is 0.394 e. The second kappa shape index (κ2) is 7.05. The molecule has 1 saturated heterocycles. The van der Waals surface area contributed by atoms with Gasteiger partial charge in [-0.25, -0.2) is 0 Å². The first-order valence-corrected chi connectivity index (χ1v) is 7.51. The van der Waals surface area contributed by atoms with Crippen LogP contribution in [0.15, 0.2) is 0 Å². The Hall–Kier alpha value is -0.690. The lowest BCUT2D eigenvalue weighted by Gasteiger charge is -2.44. The maximum Gasteiger partial charge on any atom is 0.225 e. The van der Waals surface area contributed by atoms with Gasteiger partial charge in [-0.3, -0.25) is 4.79 Å². The van der Waals surface area contributed by atoms with Crippen molar-refractivity contribution in [3.05, 3.63) is 0 Å². The number of aliphatic hydroxyl groups excluding tert-OH is 3. The monoisotopic (exact) mass is 303 g/mol. The van der Waals surface area contributed by atoms with E-state index >= 15 is 0 Å². The van der Waals surface area contributed by atoms with Crippen LogP contribution in [0.25, 0.3) is 0 Å². The van der Waals surface area contributed by atoms with Crippen molar-refractivity contribution in [2.24, 2.45) is 11.3 Å². The summed E-state index contributed by atoms with van der Waals surface area (Å²) >= 11 is 0. The van der Waals surface area contributed by atoms with E-state index in [1.165, 1.54) is 0 Å². The molecule has 0 aromatic rings. The summed E-state index contributed by atoms with van der Waals surface area (Å²) in [6, 6.07) is -0.683. The fraction of sp³-hybridized carbons (Fsp3) is 0.933. The van der Waals surface area contributed by atoms with E-state index in [0.29, 0.717) is 12.3 Å². The Morgan fingerprint density at radius 2 is 1.76 bits per heavy atom. The van der Waals surface area contributed by atoms with Crippen LogP contribution in [0, 0.1) is 11.3 Å². The fourth-order valence-corrected chi connectivity index (χ4v) is 2.41. The van der Waals surface area contributed by atoms with Crippen LogP contribution in [0.1, 0.15) is 41.0 Å². The van der Waals surface area contributed by atoms with Gasteiger partial charge in [-0.2, -0.15) is 0 Å². The van der Waals surface area contributed by atoms with Crippen molar-refractivity contribution in [2.75, 3.05) is 6.61 Å². The summed E-state index contributed by atoms with van der Waals surface area (Å²) in [6.45, 7) is 9.00. The topological polar surface area (TPSA) is 99.0 Å². The molecule has 0 unspecified atom stereocenters. The number of aliphatic hydroxyl groups is 3. The molecule has 0 aromatic carbocycles. The quantitative estimate of drug-likeness (QED) is 0.588. The van der Waals surface area contributed by atoms with Crippen molar-refractivity contribution in [3.8, 4) is 0 Å². The smallest absolute Gasteiger partial charge is 0.225 e. The highest BCUT2D eigenvalue weighted by Gasteiger charge is 2.45. The Kier molecular flexibility index (Phi) is 6.16. The molecule has 1 rings (SSSR count). The molecule has 124 valence electrons. The lowest BCUT2D eigenvalue weighted by Crippen LogP contribution is -2.65. The van der Waals surface area contributed by atoms with E-state index in [1.807, 2.05) is 13.8 Å². The van der Waals surface area contributed by atoms with Gasteiger partial charge in [-0.15, -0.1) is 0 Å². The Morgan fingerprint density at radius 3 is 2.19 bits per heavy atom. The lowest BCUT2D eigenvalue weighted by molar-refractivity contribution is -0.199. The molecular formula is C15H29NO5. The molecule has 6 nitrogen and oxygen atoms in total. The van der Waals surface area contributed by atoms with Crippen LogP contribution in [0.5, 0.6) is 0 Å². The van der Waals surface area contributed by atoms with Crippen molar-refractivity contribution >= 4 is 5.91 Å². The van der Waals surface area contributed by atoms with Crippen LogP contribution in [-0.2, 0) is 9.53 Å². The van der Waals surface area contributed by atoms with Gasteiger partial charge in [0.15, 0.2) is 0 Å². The average molecular weight is 303 g/mol. The number of hydrogen-bond donors (Lipinski definition) is 4. The van der Waals surface area contributed by atoms with Gasteiger partial charge in [0, 0.05) is 5.41 Å². The molecule has 4 N–H and O–H groups in total. The SMILES string of the molecule is CC(C)C[C@H]1O[C@H](CO)[C@@H](O)[C@H](O)[C@@H]1NC(=O)C(C)(C)C. The highest BCUT2D eigenvalue weighted by molar-refractivity contribution is 5.81. The van der Waals surface area contributed by atoms with E-state index in [0.717, 1.165) is 0 Å². The molecule has 0 bridgehead atoms. The fourth-order valence-electron chi connectivity index (χ4n) is 2.41. The molecule has 1 aliphatic rings. The van der Waals surface area contributed by atoms with Gasteiger partial charge >= 0.3 is 0 Å². The zero-order chi connectivity index (χ0) is 16.4. The van der Waals surface area contributed by atoms with Gasteiger partial charge < -0.3 is 25.4 Å². The van der Waals surface area contributed by atoms with E-state index in [-0.39, 0.29) is 12.5 Å². The third-order valence-electron chi connectivity index (χ3n) is 3.71. The zero-order valence-electron chi connectivity index (χ0n) is 13.5. The third kappa shape index (κ3) is 4.64. The minimum absolute atomic E-state index is 0.210. The van der Waals surface area contributed by atoms with E-state index in [1.54, 1.807) is 20.8 Å². The molecule has 0 saturated carbocycles. The Bertz CT molecular complexity index is 352. The van der Waals surface area contributed by atoms with E-state index in [9.17, 15) is 20.1 Å². The standard InChI is InChI=1S/C15H29NO5/c1-8(2)6-9-11(16-14(20)15(3,4)5)13(19)12(18)10(7-17)21-9/h8-13,17-19H,6-7H2,1-5H3,(H,16,20)/t9-,10-,11-,12-,13-/m1/s1. The second-order valence-electron chi connectivity index (χ2n) is 7.26. The number of nitrogens with one attached hydrogen (secondary N) is 1. The van der Waals surface area contributed by atoms with E-state index in [4.69, 9.17) is 4.74 Å². The molecule has 21 heavy (non-hydrogen) atoms. The molecular weight excluding hydrogens is 274 g/mol. The molecule has 1 aliphatic heterocycles. The molecule has 0 radical (unpaired) electrons. The first kappa shape index (κ1) is 18.4. The minimum Gasteiger partial charge on any atom is -0.394 e. The molecule has 0 spiro atoms. The highest BCUT2D eigenvalue weighted by Crippen LogP contribution is 2.26. The van der Waals surface area contributed by atoms with Crippen molar-refractivity contribution in [3.63, 3.8) is 0 Å². The van der Waals surface area contributed by atoms with Crippen LogP contribution in [0.2, 0.25) is 0 Å². The number of ether oxygens (including phenoxy) is 1. The summed E-state index contributed by atoms with van der Waals surface area (Å²) in [4.78, 5) is 12.2. The van der Waals surface area contributed by atoms with Crippen molar-refractivity contribution in [1.82, 2.24) is 5.32 Å². The van der Waals surface area contributed by atoms with E-state index < -0.39 is 35.9 Å². The van der Waals surface area contributed by atoms with E-state index in [2.05, 4.69) is 5.32 Å². The van der Waals surface area contributed by atoms with Gasteiger partial charge in [0.25, 0.3) is 0 Å². The minimum atomic E-state index is -1.22. The Morgan fingerprint density at radius 1 is 1.19 bits per heavy atom. The number of amides is 1. The van der Waals surface area contributed by atoms with Crippen molar-refractivity contribution in [1.29, 1.82) is 0 Å². The number of carbonyl (C=O) groups excluding carboxylic acids is 1. The predicted molar refractivity (Wildman–Crippen MR) is 78.6 cm³/mol. The molecule has 0 aromatic heterocycles. The van der Waals surface area contributed by atoms with Gasteiger partial charge in [0.05, 0.1) is 18.8 Å². The summed E-state index contributed by atoms with van der Waals surface area (Å²) in [7, 11) is 0. The molecule has 1 amide bonds. The predicted octanol–water partition coefficient (Wildman–Crippen LogP) is 0.0449. The first-order valence-electron chi connectivity index (χ1n) is 7.51. The summed E-state index contributed by atoms with van der Waals surface area (Å²) < 4.78 is 5.68. The van der Waals surface area contributed by atoms with Crippen LogP contribution >= 0.6 is 0 Å². The average Bonchev–Trinajstić information content (AvgIpc) is 2.36. The van der Waals surface area contributed by atoms with Crippen molar-refractivity contribution < 1.29 is 24.9 Å². The van der Waals surface area contributed by atoms with Crippen molar-refractivity contribution in [2.45, 2.75) is 71.5 Å². The molecule has 6 heteroatoms. The Labute approximate surface area is 126 Å². The number of hydrogen-bond acceptors (Lipinski definition) is 5. The lowest BCUT2D eigenvalue weighted by atomic mass is 9.87. The van der Waals surface area contributed by atoms with Crippen LogP contribution in [-0.4, -0.2) is 58.3 Å².